The molecule has 0 radical (unpaired) electrons. The Labute approximate surface area is 205 Å². The van der Waals surface area contributed by atoms with Crippen LogP contribution in [-0.2, 0) is 11.3 Å². The fraction of sp³-hybridized carbons (Fsp3) is 0.182. The number of nitro groups is 1. The molecular formula is C22H18F2N6O5S. The maximum atomic E-state index is 13.6. The van der Waals surface area contributed by atoms with E-state index >= 15 is 0 Å². The van der Waals surface area contributed by atoms with Gasteiger partial charge in [0.25, 0.3) is 12.3 Å². The van der Waals surface area contributed by atoms with Crippen molar-refractivity contribution in [3.05, 3.63) is 63.3 Å². The summed E-state index contributed by atoms with van der Waals surface area (Å²) in [5, 5.41) is 17.9. The summed E-state index contributed by atoms with van der Waals surface area (Å²) in [5.74, 6) is -1.63. The smallest absolute Gasteiger partial charge is 0.350 e. The number of halogens is 2. The molecule has 3 heterocycles. The minimum absolute atomic E-state index is 0.0384. The van der Waals surface area contributed by atoms with E-state index in [9.17, 15) is 28.5 Å². The average molecular weight is 516 g/mol. The van der Waals surface area contributed by atoms with Gasteiger partial charge in [0.15, 0.2) is 0 Å². The SMILES string of the molecule is COc1nn(CCC(=O)Nc2c(C(N)=O)sc3nc(C(F)F)cc(-c4ccccc4)c23)cc1[N+](=O)[O-]. The molecule has 14 heteroatoms. The van der Waals surface area contributed by atoms with Gasteiger partial charge in [0.1, 0.15) is 21.6 Å². The number of benzene rings is 1. The van der Waals surface area contributed by atoms with E-state index in [1.807, 2.05) is 0 Å². The molecule has 0 aliphatic carbocycles. The number of alkyl halides is 2. The van der Waals surface area contributed by atoms with Crippen molar-refractivity contribution in [1.82, 2.24) is 14.8 Å². The summed E-state index contributed by atoms with van der Waals surface area (Å²) in [6, 6.07) is 9.83. The fourth-order valence-electron chi connectivity index (χ4n) is 3.56. The first-order valence-corrected chi connectivity index (χ1v) is 11.2. The van der Waals surface area contributed by atoms with E-state index in [2.05, 4.69) is 15.4 Å². The number of nitrogens with one attached hydrogen (secondary N) is 1. The number of rotatable bonds is 9. The van der Waals surface area contributed by atoms with Crippen molar-refractivity contribution < 1.29 is 28.0 Å². The Bertz CT molecular complexity index is 1470. The highest BCUT2D eigenvalue weighted by Crippen LogP contribution is 2.42. The molecule has 0 fully saturated rings. The quantitative estimate of drug-likeness (QED) is 0.250. The highest BCUT2D eigenvalue weighted by molar-refractivity contribution is 7.21. The molecule has 0 atom stereocenters. The summed E-state index contributed by atoms with van der Waals surface area (Å²) >= 11 is 0.798. The van der Waals surface area contributed by atoms with Gasteiger partial charge in [-0.3, -0.25) is 24.4 Å². The van der Waals surface area contributed by atoms with Crippen molar-refractivity contribution in [3.63, 3.8) is 0 Å². The Hall–Kier alpha value is -4.46. The van der Waals surface area contributed by atoms with Crippen molar-refractivity contribution >= 4 is 44.7 Å². The van der Waals surface area contributed by atoms with Gasteiger partial charge in [-0.2, -0.15) is 0 Å². The van der Waals surface area contributed by atoms with Crippen LogP contribution in [0.5, 0.6) is 5.88 Å². The maximum absolute atomic E-state index is 13.6. The molecule has 0 aliphatic heterocycles. The highest BCUT2D eigenvalue weighted by atomic mass is 32.1. The number of aryl methyl sites for hydroxylation is 1. The number of hydrogen-bond donors (Lipinski definition) is 2. The van der Waals surface area contributed by atoms with Gasteiger partial charge in [-0.1, -0.05) is 30.3 Å². The predicted octanol–water partition coefficient (Wildman–Crippen LogP) is 4.14. The van der Waals surface area contributed by atoms with Crippen LogP contribution in [0.4, 0.5) is 20.2 Å². The fourth-order valence-corrected chi connectivity index (χ4v) is 4.58. The van der Waals surface area contributed by atoms with E-state index in [-0.39, 0.29) is 39.9 Å². The molecule has 0 unspecified atom stereocenters. The molecule has 2 amide bonds. The summed E-state index contributed by atoms with van der Waals surface area (Å²) < 4.78 is 33.2. The topological polar surface area (TPSA) is 155 Å². The number of primary amides is 1. The zero-order chi connectivity index (χ0) is 26.0. The van der Waals surface area contributed by atoms with E-state index in [1.165, 1.54) is 17.9 Å². The standard InChI is InChI=1S/C22H18F2N6O5S/c1-35-21-14(30(33)34)10-29(28-21)8-7-15(31)27-17-16-12(11-5-3-2-4-6-11)9-13(19(23)24)26-22(16)36-18(17)20(25)32/h2-6,9-10,19H,7-8H2,1H3,(H2,25,32)(H,27,31). The van der Waals surface area contributed by atoms with Crippen LogP contribution < -0.4 is 15.8 Å². The van der Waals surface area contributed by atoms with Crippen molar-refractivity contribution in [2.45, 2.75) is 19.4 Å². The number of anilines is 1. The van der Waals surface area contributed by atoms with Crippen molar-refractivity contribution in [2.75, 3.05) is 12.4 Å². The number of amides is 2. The second-order valence-corrected chi connectivity index (χ2v) is 8.45. The Balaban J connectivity index is 1.71. The number of aromatic nitrogens is 3. The minimum Gasteiger partial charge on any atom is -0.475 e. The number of thiophene rings is 1. The number of carbonyl (C=O) groups excluding carboxylic acids is 2. The van der Waals surface area contributed by atoms with E-state index in [0.29, 0.717) is 16.5 Å². The first-order valence-electron chi connectivity index (χ1n) is 10.4. The molecule has 0 saturated heterocycles. The van der Waals surface area contributed by atoms with Gasteiger partial charge in [-0.15, -0.1) is 16.4 Å². The molecule has 4 aromatic rings. The largest absolute Gasteiger partial charge is 0.475 e. The van der Waals surface area contributed by atoms with Crippen LogP contribution in [0.3, 0.4) is 0 Å². The van der Waals surface area contributed by atoms with Gasteiger partial charge in [0, 0.05) is 11.8 Å². The van der Waals surface area contributed by atoms with Crippen LogP contribution in [0.2, 0.25) is 0 Å². The van der Waals surface area contributed by atoms with Gasteiger partial charge in [-0.25, -0.2) is 13.8 Å². The van der Waals surface area contributed by atoms with E-state index in [4.69, 9.17) is 10.5 Å². The molecule has 186 valence electrons. The Morgan fingerprint density at radius 3 is 2.61 bits per heavy atom. The zero-order valence-electron chi connectivity index (χ0n) is 18.6. The lowest BCUT2D eigenvalue weighted by Gasteiger charge is -2.11. The molecular weight excluding hydrogens is 498 g/mol. The van der Waals surface area contributed by atoms with Crippen LogP contribution in [0, 0.1) is 10.1 Å². The van der Waals surface area contributed by atoms with E-state index < -0.39 is 28.9 Å². The van der Waals surface area contributed by atoms with Gasteiger partial charge in [0.05, 0.1) is 24.3 Å². The number of ether oxygens (including phenoxy) is 1. The molecule has 0 aliphatic rings. The normalized spacial score (nSPS) is 11.1. The molecule has 36 heavy (non-hydrogen) atoms. The Kier molecular flexibility index (Phi) is 6.87. The maximum Gasteiger partial charge on any atom is 0.350 e. The number of nitrogens with two attached hydrogens (primary N) is 1. The van der Waals surface area contributed by atoms with Crippen LogP contribution >= 0.6 is 11.3 Å². The number of hydrogen-bond acceptors (Lipinski definition) is 8. The van der Waals surface area contributed by atoms with E-state index in [1.54, 1.807) is 30.3 Å². The molecule has 1 aromatic carbocycles. The average Bonchev–Trinajstić information content (AvgIpc) is 3.44. The van der Waals surface area contributed by atoms with Crippen molar-refractivity contribution in [2.24, 2.45) is 5.73 Å². The molecule has 11 nitrogen and oxygen atoms in total. The van der Waals surface area contributed by atoms with Crippen LogP contribution in [0.25, 0.3) is 21.3 Å². The lowest BCUT2D eigenvalue weighted by molar-refractivity contribution is -0.385. The van der Waals surface area contributed by atoms with Crippen molar-refractivity contribution in [3.8, 4) is 17.0 Å². The Morgan fingerprint density at radius 2 is 2.03 bits per heavy atom. The van der Waals surface area contributed by atoms with Crippen LogP contribution in [-0.4, -0.2) is 38.6 Å². The molecule has 0 bridgehead atoms. The molecule has 4 rings (SSSR count). The third-order valence-corrected chi connectivity index (χ3v) is 6.24. The minimum atomic E-state index is -2.86. The van der Waals surface area contributed by atoms with Crippen LogP contribution in [0.1, 0.15) is 28.2 Å². The zero-order valence-corrected chi connectivity index (χ0v) is 19.4. The summed E-state index contributed by atoms with van der Waals surface area (Å²) in [4.78, 5) is 39.4. The molecule has 3 aromatic heterocycles. The monoisotopic (exact) mass is 516 g/mol. The summed E-state index contributed by atoms with van der Waals surface area (Å²) in [6.45, 7) is -0.0384. The first kappa shape index (κ1) is 24.7. The number of carbonyl (C=O) groups is 2. The lowest BCUT2D eigenvalue weighted by Crippen LogP contribution is -2.18. The number of methoxy groups -OCH3 is 1. The van der Waals surface area contributed by atoms with Crippen molar-refractivity contribution in [1.29, 1.82) is 0 Å². The summed E-state index contributed by atoms with van der Waals surface area (Å²) in [6.07, 6.45) is -1.91. The molecule has 0 saturated carbocycles. The highest BCUT2D eigenvalue weighted by Gasteiger charge is 2.25. The lowest BCUT2D eigenvalue weighted by atomic mass is 10.0. The number of pyridine rings is 1. The summed E-state index contributed by atoms with van der Waals surface area (Å²) in [5.41, 5.74) is 5.67. The third kappa shape index (κ3) is 4.84. The van der Waals surface area contributed by atoms with Crippen LogP contribution in [0.15, 0.2) is 42.6 Å². The molecule has 0 spiro atoms. The van der Waals surface area contributed by atoms with E-state index in [0.717, 1.165) is 17.5 Å². The number of fused-ring (bicyclic) bond motifs is 1. The second-order valence-electron chi connectivity index (χ2n) is 7.45. The number of nitrogens with zero attached hydrogens (tertiary/aromatic N) is 4. The first-order chi connectivity index (χ1) is 17.2. The summed E-state index contributed by atoms with van der Waals surface area (Å²) in [7, 11) is 1.23. The van der Waals surface area contributed by atoms with Gasteiger partial charge < -0.3 is 15.8 Å². The second kappa shape index (κ2) is 10.0. The Morgan fingerprint density at radius 1 is 1.31 bits per heavy atom. The van der Waals surface area contributed by atoms with Gasteiger partial charge in [-0.05, 0) is 17.2 Å². The third-order valence-electron chi connectivity index (χ3n) is 5.15. The van der Waals surface area contributed by atoms with Gasteiger partial charge in [0.2, 0.25) is 5.91 Å². The predicted molar refractivity (Wildman–Crippen MR) is 127 cm³/mol. The van der Waals surface area contributed by atoms with Gasteiger partial charge >= 0.3 is 11.6 Å². The molecule has 3 N–H and O–H groups in total.